The number of ether oxygens (including phenoxy) is 1. The van der Waals surface area contributed by atoms with Crippen LogP contribution in [0.3, 0.4) is 0 Å². The summed E-state index contributed by atoms with van der Waals surface area (Å²) in [5.41, 5.74) is 5.60. The summed E-state index contributed by atoms with van der Waals surface area (Å²) in [5.74, 6) is 0.431. The van der Waals surface area contributed by atoms with Gasteiger partial charge in [0.05, 0.1) is 0 Å². The van der Waals surface area contributed by atoms with E-state index in [9.17, 15) is 4.79 Å². The smallest absolute Gasteiger partial charge is 0.409 e. The van der Waals surface area contributed by atoms with Gasteiger partial charge in [0.1, 0.15) is 5.75 Å². The Morgan fingerprint density at radius 1 is 1.50 bits per heavy atom. The van der Waals surface area contributed by atoms with E-state index < -0.39 is 6.09 Å². The fourth-order valence-corrected chi connectivity index (χ4v) is 0.850. The molecule has 0 saturated carbocycles. The lowest BCUT2D eigenvalue weighted by Crippen LogP contribution is -2.16. The Hall–Kier alpha value is -1.77. The number of rotatable bonds is 2. The van der Waals surface area contributed by atoms with Gasteiger partial charge < -0.3 is 10.5 Å². The molecule has 62 valence electrons. The summed E-state index contributed by atoms with van der Waals surface area (Å²) < 4.78 is 4.70. The van der Waals surface area contributed by atoms with Crippen molar-refractivity contribution >= 4 is 12.2 Å². The Morgan fingerprint density at radius 3 is 2.75 bits per heavy atom. The highest BCUT2D eigenvalue weighted by Gasteiger charge is 2.01. The maximum atomic E-state index is 10.4. The van der Waals surface area contributed by atoms with Crippen molar-refractivity contribution in [2.45, 2.75) is 0 Å². The highest BCUT2D eigenvalue weighted by Crippen LogP contribution is 2.18. The van der Waals surface area contributed by atoms with Crippen LogP contribution in [0.25, 0.3) is 6.08 Å². The average molecular weight is 163 g/mol. The van der Waals surface area contributed by atoms with Crippen LogP contribution in [0.4, 0.5) is 4.79 Å². The van der Waals surface area contributed by atoms with Crippen LogP contribution < -0.4 is 10.5 Å². The Kier molecular flexibility index (Phi) is 2.48. The van der Waals surface area contributed by atoms with Gasteiger partial charge in [-0.3, -0.25) is 0 Å². The molecule has 0 fully saturated rings. The first kappa shape index (κ1) is 8.33. The molecule has 0 atom stereocenters. The van der Waals surface area contributed by atoms with Gasteiger partial charge in [0.25, 0.3) is 0 Å². The van der Waals surface area contributed by atoms with Crippen molar-refractivity contribution in [3.05, 3.63) is 36.4 Å². The van der Waals surface area contributed by atoms with Crippen molar-refractivity contribution in [3.8, 4) is 5.75 Å². The second kappa shape index (κ2) is 3.57. The van der Waals surface area contributed by atoms with Gasteiger partial charge in [-0.25, -0.2) is 4.79 Å². The summed E-state index contributed by atoms with van der Waals surface area (Å²) in [6, 6.07) is 7.02. The number of hydrogen-bond acceptors (Lipinski definition) is 2. The first-order valence-electron chi connectivity index (χ1n) is 3.43. The third-order valence-corrected chi connectivity index (χ3v) is 1.35. The van der Waals surface area contributed by atoms with Crippen molar-refractivity contribution in [1.29, 1.82) is 0 Å². The number of nitrogens with two attached hydrogens (primary N) is 1. The van der Waals surface area contributed by atoms with Crippen molar-refractivity contribution in [3.63, 3.8) is 0 Å². The van der Waals surface area contributed by atoms with Crippen LogP contribution in [-0.4, -0.2) is 6.09 Å². The predicted octanol–water partition coefficient (Wildman–Crippen LogP) is 1.79. The molecular weight excluding hydrogens is 154 g/mol. The number of benzene rings is 1. The van der Waals surface area contributed by atoms with E-state index in [0.29, 0.717) is 5.75 Å². The monoisotopic (exact) mass is 163 g/mol. The maximum absolute atomic E-state index is 10.4. The molecular formula is C9H9NO2. The van der Waals surface area contributed by atoms with Gasteiger partial charge in [-0.2, -0.15) is 0 Å². The molecule has 3 nitrogen and oxygen atoms in total. The van der Waals surface area contributed by atoms with E-state index in [1.54, 1.807) is 24.3 Å². The summed E-state index contributed by atoms with van der Waals surface area (Å²) in [5, 5.41) is 0. The lowest BCUT2D eigenvalue weighted by molar-refractivity contribution is 0.211. The predicted molar refractivity (Wildman–Crippen MR) is 46.7 cm³/mol. The first-order valence-corrected chi connectivity index (χ1v) is 3.43. The van der Waals surface area contributed by atoms with E-state index in [1.807, 2.05) is 6.07 Å². The molecule has 0 heterocycles. The Bertz CT molecular complexity index is 307. The van der Waals surface area contributed by atoms with Gasteiger partial charge >= 0.3 is 6.09 Å². The first-order chi connectivity index (χ1) is 5.74. The van der Waals surface area contributed by atoms with Gasteiger partial charge in [-0.15, -0.1) is 0 Å². The highest BCUT2D eigenvalue weighted by atomic mass is 16.5. The molecule has 0 aromatic heterocycles. The maximum Gasteiger partial charge on any atom is 0.409 e. The lowest BCUT2D eigenvalue weighted by atomic mass is 10.2. The Morgan fingerprint density at radius 2 is 2.17 bits per heavy atom. The summed E-state index contributed by atoms with van der Waals surface area (Å²) in [4.78, 5) is 10.4. The van der Waals surface area contributed by atoms with Crippen molar-refractivity contribution in [2.75, 3.05) is 0 Å². The number of carbonyl (C=O) groups excluding carboxylic acids is 1. The number of hydrogen-bond donors (Lipinski definition) is 1. The van der Waals surface area contributed by atoms with Gasteiger partial charge in [0.15, 0.2) is 0 Å². The summed E-state index contributed by atoms with van der Waals surface area (Å²) in [6.07, 6.45) is 0.780. The summed E-state index contributed by atoms with van der Waals surface area (Å²) in [6.45, 7) is 3.57. The third-order valence-electron chi connectivity index (χ3n) is 1.35. The number of para-hydroxylation sites is 1. The normalized spacial score (nSPS) is 9.00. The molecule has 1 rings (SSSR count). The second-order valence-corrected chi connectivity index (χ2v) is 2.16. The summed E-state index contributed by atoms with van der Waals surface area (Å²) >= 11 is 0. The zero-order valence-electron chi connectivity index (χ0n) is 6.49. The van der Waals surface area contributed by atoms with E-state index in [-0.39, 0.29) is 0 Å². The second-order valence-electron chi connectivity index (χ2n) is 2.16. The standard InChI is InChI=1S/C9H9NO2/c1-2-7-5-3-4-6-8(7)12-9(10)11/h2-6H,1H2,(H2,10,11). The zero-order chi connectivity index (χ0) is 8.97. The van der Waals surface area contributed by atoms with E-state index >= 15 is 0 Å². The molecule has 3 heteroatoms. The largest absolute Gasteiger partial charge is 0.410 e. The summed E-state index contributed by atoms with van der Waals surface area (Å²) in [7, 11) is 0. The fourth-order valence-electron chi connectivity index (χ4n) is 0.850. The minimum atomic E-state index is -0.815. The highest BCUT2D eigenvalue weighted by molar-refractivity contribution is 5.70. The van der Waals surface area contributed by atoms with Crippen LogP contribution in [0.15, 0.2) is 30.8 Å². The van der Waals surface area contributed by atoms with Gasteiger partial charge in [-0.1, -0.05) is 30.9 Å². The molecule has 0 aliphatic carbocycles. The Balaban J connectivity index is 2.96. The third kappa shape index (κ3) is 1.85. The molecule has 0 unspecified atom stereocenters. The van der Waals surface area contributed by atoms with E-state index in [1.165, 1.54) is 0 Å². The molecule has 0 aliphatic rings. The molecule has 12 heavy (non-hydrogen) atoms. The van der Waals surface area contributed by atoms with Crippen molar-refractivity contribution in [1.82, 2.24) is 0 Å². The Labute approximate surface area is 70.5 Å². The van der Waals surface area contributed by atoms with Crippen molar-refractivity contribution < 1.29 is 9.53 Å². The van der Waals surface area contributed by atoms with Crippen molar-refractivity contribution in [2.24, 2.45) is 5.73 Å². The molecule has 2 N–H and O–H groups in total. The van der Waals surface area contributed by atoms with Crippen LogP contribution >= 0.6 is 0 Å². The number of amides is 1. The quantitative estimate of drug-likeness (QED) is 0.722. The molecule has 1 amide bonds. The van der Waals surface area contributed by atoms with E-state index in [0.717, 1.165) is 5.56 Å². The average Bonchev–Trinajstić information content (AvgIpc) is 2.04. The molecule has 0 radical (unpaired) electrons. The molecule has 1 aromatic carbocycles. The number of primary amides is 1. The van der Waals surface area contributed by atoms with Crippen LogP contribution in [0, 0.1) is 0 Å². The number of carbonyl (C=O) groups is 1. The lowest BCUT2D eigenvalue weighted by Gasteiger charge is -2.03. The topological polar surface area (TPSA) is 52.3 Å². The fraction of sp³-hybridized carbons (Fsp3) is 0. The van der Waals surface area contributed by atoms with Crippen LogP contribution in [0.1, 0.15) is 5.56 Å². The van der Waals surface area contributed by atoms with Crippen LogP contribution in [-0.2, 0) is 0 Å². The SMILES string of the molecule is C=Cc1ccccc1OC(N)=O. The minimum Gasteiger partial charge on any atom is -0.410 e. The molecule has 0 saturated heterocycles. The minimum absolute atomic E-state index is 0.431. The molecule has 1 aromatic rings. The van der Waals surface area contributed by atoms with Crippen LogP contribution in [0.5, 0.6) is 5.75 Å². The molecule has 0 bridgehead atoms. The van der Waals surface area contributed by atoms with Gasteiger partial charge in [0, 0.05) is 5.56 Å². The van der Waals surface area contributed by atoms with E-state index in [4.69, 9.17) is 10.5 Å². The van der Waals surface area contributed by atoms with Crippen LogP contribution in [0.2, 0.25) is 0 Å². The van der Waals surface area contributed by atoms with Gasteiger partial charge in [0.2, 0.25) is 0 Å². The van der Waals surface area contributed by atoms with Gasteiger partial charge in [-0.05, 0) is 6.07 Å². The van der Waals surface area contributed by atoms with E-state index in [2.05, 4.69) is 6.58 Å². The zero-order valence-corrected chi connectivity index (χ0v) is 6.49. The molecule has 0 aliphatic heterocycles. The molecule has 0 spiro atoms.